The predicted molar refractivity (Wildman–Crippen MR) is 102 cm³/mol. The minimum Gasteiger partial charge on any atom is -0.388 e. The molecule has 3 rings (SSSR count). The van der Waals surface area contributed by atoms with Crippen molar-refractivity contribution in [1.29, 1.82) is 0 Å². The smallest absolute Gasteiger partial charge is 0.311 e. The van der Waals surface area contributed by atoms with Crippen molar-refractivity contribution in [3.8, 4) is 0 Å². The van der Waals surface area contributed by atoms with E-state index >= 15 is 0 Å². The number of carbonyl (C=O) groups is 2. The molecule has 0 aliphatic carbocycles. The first-order valence-electron chi connectivity index (χ1n) is 8.89. The van der Waals surface area contributed by atoms with E-state index in [1.165, 1.54) is 4.90 Å². The van der Waals surface area contributed by atoms with Gasteiger partial charge in [-0.2, -0.15) is 0 Å². The normalized spacial score (nSPS) is 19.1. The van der Waals surface area contributed by atoms with Crippen LogP contribution in [-0.2, 0) is 22.4 Å². The molecule has 1 atom stereocenters. The fourth-order valence-corrected chi connectivity index (χ4v) is 3.35. The van der Waals surface area contributed by atoms with E-state index in [4.69, 9.17) is 11.6 Å². The number of pyridine rings is 1. The largest absolute Gasteiger partial charge is 0.388 e. The van der Waals surface area contributed by atoms with E-state index in [-0.39, 0.29) is 6.54 Å². The van der Waals surface area contributed by atoms with E-state index in [0.29, 0.717) is 37.4 Å². The molecule has 142 valence electrons. The van der Waals surface area contributed by atoms with Gasteiger partial charge in [-0.3, -0.25) is 14.6 Å². The molecule has 1 fully saturated rings. The first kappa shape index (κ1) is 19.3. The molecule has 0 radical (unpaired) electrons. The Morgan fingerprint density at radius 3 is 2.70 bits per heavy atom. The maximum absolute atomic E-state index is 12.3. The van der Waals surface area contributed by atoms with Gasteiger partial charge in [0, 0.05) is 42.8 Å². The molecule has 1 unspecified atom stereocenters. The SMILES string of the molecule is O=C(NCCc1ccccn1)C(=O)N1CCC(O)(Cc2ccc(Cl)cc2)C1. The number of benzene rings is 1. The summed E-state index contributed by atoms with van der Waals surface area (Å²) in [7, 11) is 0. The van der Waals surface area contributed by atoms with Crippen LogP contribution in [0.1, 0.15) is 17.7 Å². The van der Waals surface area contributed by atoms with Crippen molar-refractivity contribution < 1.29 is 14.7 Å². The second kappa shape index (κ2) is 8.50. The zero-order valence-corrected chi connectivity index (χ0v) is 15.7. The van der Waals surface area contributed by atoms with Crippen LogP contribution in [0.4, 0.5) is 0 Å². The maximum atomic E-state index is 12.3. The lowest BCUT2D eigenvalue weighted by atomic mass is 9.94. The lowest BCUT2D eigenvalue weighted by molar-refractivity contribution is -0.145. The summed E-state index contributed by atoms with van der Waals surface area (Å²) in [6.45, 7) is 0.836. The van der Waals surface area contributed by atoms with Crippen LogP contribution in [0.5, 0.6) is 0 Å². The lowest BCUT2D eigenvalue weighted by Gasteiger charge is -2.23. The summed E-state index contributed by atoms with van der Waals surface area (Å²) < 4.78 is 0. The third-order valence-electron chi connectivity index (χ3n) is 4.65. The number of likely N-dealkylation sites (tertiary alicyclic amines) is 1. The molecule has 0 bridgehead atoms. The zero-order chi connectivity index (χ0) is 19.3. The minimum absolute atomic E-state index is 0.141. The van der Waals surface area contributed by atoms with Crippen molar-refractivity contribution in [2.24, 2.45) is 0 Å². The molecule has 7 heteroatoms. The van der Waals surface area contributed by atoms with Crippen molar-refractivity contribution in [2.75, 3.05) is 19.6 Å². The van der Waals surface area contributed by atoms with Crippen molar-refractivity contribution in [2.45, 2.75) is 24.9 Å². The number of carbonyl (C=O) groups excluding carboxylic acids is 2. The first-order valence-corrected chi connectivity index (χ1v) is 9.27. The summed E-state index contributed by atoms with van der Waals surface area (Å²) >= 11 is 5.88. The Hall–Kier alpha value is -2.44. The second-order valence-electron chi connectivity index (χ2n) is 6.83. The second-order valence-corrected chi connectivity index (χ2v) is 7.27. The summed E-state index contributed by atoms with van der Waals surface area (Å²) in [6, 6.07) is 12.8. The van der Waals surface area contributed by atoms with Crippen LogP contribution in [-0.4, -0.2) is 52.0 Å². The molecule has 1 saturated heterocycles. The van der Waals surface area contributed by atoms with Crippen LogP contribution >= 0.6 is 11.6 Å². The fraction of sp³-hybridized carbons (Fsp3) is 0.350. The average Bonchev–Trinajstić information content (AvgIpc) is 3.05. The van der Waals surface area contributed by atoms with Gasteiger partial charge >= 0.3 is 11.8 Å². The van der Waals surface area contributed by atoms with Gasteiger partial charge in [0.2, 0.25) is 0 Å². The van der Waals surface area contributed by atoms with Crippen LogP contribution in [0.25, 0.3) is 0 Å². The van der Waals surface area contributed by atoms with Gasteiger partial charge in [-0.15, -0.1) is 0 Å². The third-order valence-corrected chi connectivity index (χ3v) is 4.90. The quantitative estimate of drug-likeness (QED) is 0.763. The molecule has 6 nitrogen and oxygen atoms in total. The number of halogens is 1. The van der Waals surface area contributed by atoms with Crippen molar-refractivity contribution in [1.82, 2.24) is 15.2 Å². The Bertz CT molecular complexity index is 798. The van der Waals surface area contributed by atoms with Crippen LogP contribution in [0, 0.1) is 0 Å². The van der Waals surface area contributed by atoms with E-state index in [0.717, 1.165) is 11.3 Å². The number of rotatable bonds is 5. The average molecular weight is 388 g/mol. The number of nitrogens with zero attached hydrogens (tertiary/aromatic N) is 2. The standard InChI is InChI=1S/C20H22ClN3O3/c21-16-6-4-15(5-7-16)13-20(27)9-12-24(14-20)19(26)18(25)23-11-8-17-3-1-2-10-22-17/h1-7,10,27H,8-9,11-14H2,(H,23,25). The molecule has 0 saturated carbocycles. The molecule has 1 aromatic carbocycles. The fourth-order valence-electron chi connectivity index (χ4n) is 3.23. The van der Waals surface area contributed by atoms with Crippen LogP contribution in [0.3, 0.4) is 0 Å². The number of β-amino-alcohol motifs (C(OH)–C–C–N with tert-alkyl or cyclic N) is 1. The Kier molecular flexibility index (Phi) is 6.08. The summed E-state index contributed by atoms with van der Waals surface area (Å²) in [4.78, 5) is 30.0. The van der Waals surface area contributed by atoms with Crippen LogP contribution in [0.2, 0.25) is 5.02 Å². The maximum Gasteiger partial charge on any atom is 0.311 e. The Labute approximate surface area is 163 Å². The van der Waals surface area contributed by atoms with E-state index in [9.17, 15) is 14.7 Å². The molecule has 2 heterocycles. The van der Waals surface area contributed by atoms with Gasteiger partial charge in [0.15, 0.2) is 0 Å². The highest BCUT2D eigenvalue weighted by molar-refractivity contribution is 6.35. The number of nitrogens with one attached hydrogen (secondary N) is 1. The van der Waals surface area contributed by atoms with Crippen molar-refractivity contribution >= 4 is 23.4 Å². The van der Waals surface area contributed by atoms with E-state index in [2.05, 4.69) is 10.3 Å². The van der Waals surface area contributed by atoms with Crippen molar-refractivity contribution in [3.05, 3.63) is 64.9 Å². The van der Waals surface area contributed by atoms with Gasteiger partial charge in [-0.25, -0.2) is 0 Å². The van der Waals surface area contributed by atoms with E-state index in [1.807, 2.05) is 30.3 Å². The molecule has 0 spiro atoms. The number of hydrogen-bond donors (Lipinski definition) is 2. The molecular formula is C20H22ClN3O3. The molecule has 2 N–H and O–H groups in total. The topological polar surface area (TPSA) is 82.5 Å². The highest BCUT2D eigenvalue weighted by atomic mass is 35.5. The van der Waals surface area contributed by atoms with Gasteiger partial charge in [0.05, 0.1) is 12.1 Å². The number of aromatic nitrogens is 1. The molecule has 1 aliphatic heterocycles. The predicted octanol–water partition coefficient (Wildman–Crippen LogP) is 1.60. The van der Waals surface area contributed by atoms with Crippen LogP contribution in [0.15, 0.2) is 48.7 Å². The summed E-state index contributed by atoms with van der Waals surface area (Å²) in [6.07, 6.45) is 3.09. The molecule has 1 aromatic heterocycles. The number of amides is 2. The van der Waals surface area contributed by atoms with Gasteiger partial charge in [0.25, 0.3) is 0 Å². The molecular weight excluding hydrogens is 366 g/mol. The highest BCUT2D eigenvalue weighted by Crippen LogP contribution is 2.26. The molecule has 2 aromatic rings. The summed E-state index contributed by atoms with van der Waals surface area (Å²) in [5, 5.41) is 14.0. The van der Waals surface area contributed by atoms with E-state index < -0.39 is 17.4 Å². The molecule has 27 heavy (non-hydrogen) atoms. The summed E-state index contributed by atoms with van der Waals surface area (Å²) in [5.74, 6) is -1.26. The summed E-state index contributed by atoms with van der Waals surface area (Å²) in [5.41, 5.74) is 0.761. The Morgan fingerprint density at radius 2 is 2.00 bits per heavy atom. The zero-order valence-electron chi connectivity index (χ0n) is 14.9. The minimum atomic E-state index is -1.03. The number of hydrogen-bond acceptors (Lipinski definition) is 4. The van der Waals surface area contributed by atoms with Gasteiger partial charge in [-0.1, -0.05) is 29.8 Å². The van der Waals surface area contributed by atoms with Crippen LogP contribution < -0.4 is 5.32 Å². The Morgan fingerprint density at radius 1 is 1.22 bits per heavy atom. The van der Waals surface area contributed by atoms with Gasteiger partial charge in [0.1, 0.15) is 0 Å². The first-order chi connectivity index (χ1) is 13.0. The monoisotopic (exact) mass is 387 g/mol. The third kappa shape index (κ3) is 5.28. The Balaban J connectivity index is 1.48. The lowest BCUT2D eigenvalue weighted by Crippen LogP contribution is -2.44. The van der Waals surface area contributed by atoms with Crippen molar-refractivity contribution in [3.63, 3.8) is 0 Å². The molecule has 2 amide bonds. The number of aliphatic hydroxyl groups is 1. The van der Waals surface area contributed by atoms with Gasteiger partial charge < -0.3 is 15.3 Å². The van der Waals surface area contributed by atoms with Gasteiger partial charge in [-0.05, 0) is 36.2 Å². The van der Waals surface area contributed by atoms with E-state index in [1.54, 1.807) is 18.3 Å². The molecule has 1 aliphatic rings. The highest BCUT2D eigenvalue weighted by Gasteiger charge is 2.39.